The second-order valence-corrected chi connectivity index (χ2v) is 2.92. The summed E-state index contributed by atoms with van der Waals surface area (Å²) in [5, 5.41) is 8.62. The minimum atomic E-state index is 0.323. The maximum absolute atomic E-state index is 8.62. The summed E-state index contributed by atoms with van der Waals surface area (Å²) in [6.07, 6.45) is 3.34. The summed E-state index contributed by atoms with van der Waals surface area (Å²) in [7, 11) is 0. The maximum Gasteiger partial charge on any atom is 0.0443 e. The van der Waals surface area contributed by atoms with Crippen molar-refractivity contribution < 1.29 is 5.11 Å². The maximum atomic E-state index is 8.62. The van der Waals surface area contributed by atoms with Crippen LogP contribution in [0.2, 0.25) is 0 Å². The molecule has 0 aliphatic heterocycles. The Morgan fingerprint density at radius 2 is 1.55 bits per heavy atom. The average molecular weight is 159 g/mol. The van der Waals surface area contributed by atoms with Crippen LogP contribution in [-0.4, -0.2) is 36.2 Å². The Balaban J connectivity index is 3.34. The van der Waals surface area contributed by atoms with E-state index in [4.69, 9.17) is 5.11 Å². The normalized spacial score (nSPS) is 10.9. The van der Waals surface area contributed by atoms with Gasteiger partial charge in [0.05, 0.1) is 0 Å². The molecule has 0 aromatic heterocycles. The summed E-state index contributed by atoms with van der Waals surface area (Å²) in [6.45, 7) is 8.12. The van der Waals surface area contributed by atoms with Crippen molar-refractivity contribution in [2.75, 3.05) is 26.2 Å². The quantitative estimate of drug-likeness (QED) is 0.608. The molecule has 0 aliphatic rings. The molecule has 0 rings (SSSR count). The lowest BCUT2D eigenvalue weighted by Gasteiger charge is -2.19. The minimum Gasteiger partial charge on any atom is -0.396 e. The first-order chi connectivity index (χ1) is 5.35. The van der Waals surface area contributed by atoms with E-state index in [1.807, 2.05) is 0 Å². The van der Waals surface area contributed by atoms with Gasteiger partial charge in [-0.25, -0.2) is 0 Å². The third-order valence-electron chi connectivity index (χ3n) is 1.71. The van der Waals surface area contributed by atoms with Gasteiger partial charge in [-0.1, -0.05) is 13.8 Å². The number of aliphatic hydroxyl groups excluding tert-OH is 1. The summed E-state index contributed by atoms with van der Waals surface area (Å²) >= 11 is 0. The van der Waals surface area contributed by atoms with E-state index >= 15 is 0 Å². The SMILES string of the molecule is CCCN(CCC)CCCO. The van der Waals surface area contributed by atoms with Crippen LogP contribution in [0.4, 0.5) is 0 Å². The monoisotopic (exact) mass is 159 g/mol. The molecule has 0 atom stereocenters. The number of hydrogen-bond acceptors (Lipinski definition) is 2. The highest BCUT2D eigenvalue weighted by atomic mass is 16.3. The highest BCUT2D eigenvalue weighted by Crippen LogP contribution is 1.95. The minimum absolute atomic E-state index is 0.323. The van der Waals surface area contributed by atoms with E-state index < -0.39 is 0 Å². The molecule has 0 aromatic carbocycles. The molecule has 2 nitrogen and oxygen atoms in total. The van der Waals surface area contributed by atoms with Gasteiger partial charge in [-0.05, 0) is 32.4 Å². The van der Waals surface area contributed by atoms with Crippen molar-refractivity contribution in [3.05, 3.63) is 0 Å². The van der Waals surface area contributed by atoms with Crippen LogP contribution in [0.25, 0.3) is 0 Å². The second kappa shape index (κ2) is 8.02. The Morgan fingerprint density at radius 1 is 1.00 bits per heavy atom. The molecule has 0 unspecified atom stereocenters. The highest BCUT2D eigenvalue weighted by Gasteiger charge is 1.99. The van der Waals surface area contributed by atoms with Gasteiger partial charge < -0.3 is 10.0 Å². The van der Waals surface area contributed by atoms with Crippen molar-refractivity contribution in [1.82, 2.24) is 4.90 Å². The Morgan fingerprint density at radius 3 is 1.91 bits per heavy atom. The molecule has 68 valence electrons. The predicted molar refractivity (Wildman–Crippen MR) is 48.7 cm³/mol. The molecule has 11 heavy (non-hydrogen) atoms. The van der Waals surface area contributed by atoms with Gasteiger partial charge in [0.2, 0.25) is 0 Å². The lowest BCUT2D eigenvalue weighted by Crippen LogP contribution is -2.27. The summed E-state index contributed by atoms with van der Waals surface area (Å²) in [5.41, 5.74) is 0. The van der Waals surface area contributed by atoms with Gasteiger partial charge in [-0.2, -0.15) is 0 Å². The number of nitrogens with zero attached hydrogens (tertiary/aromatic N) is 1. The Kier molecular flexibility index (Phi) is 7.96. The van der Waals surface area contributed by atoms with E-state index in [-0.39, 0.29) is 0 Å². The molecule has 0 aromatic rings. The molecule has 1 N–H and O–H groups in total. The van der Waals surface area contributed by atoms with Crippen molar-refractivity contribution in [2.24, 2.45) is 0 Å². The van der Waals surface area contributed by atoms with Gasteiger partial charge in [0.1, 0.15) is 0 Å². The van der Waals surface area contributed by atoms with Crippen molar-refractivity contribution in [3.63, 3.8) is 0 Å². The molecule has 0 fully saturated rings. The molecule has 0 bridgehead atoms. The third-order valence-corrected chi connectivity index (χ3v) is 1.71. The van der Waals surface area contributed by atoms with E-state index in [1.165, 1.54) is 25.9 Å². The van der Waals surface area contributed by atoms with Gasteiger partial charge >= 0.3 is 0 Å². The standard InChI is InChI=1S/C9H21NO/c1-3-6-10(7-4-2)8-5-9-11/h11H,3-9H2,1-2H3. The zero-order valence-electron chi connectivity index (χ0n) is 7.84. The number of hydrogen-bond donors (Lipinski definition) is 1. The van der Waals surface area contributed by atoms with Gasteiger partial charge in [0, 0.05) is 13.2 Å². The van der Waals surface area contributed by atoms with Crippen molar-refractivity contribution >= 4 is 0 Å². The van der Waals surface area contributed by atoms with Crippen LogP contribution >= 0.6 is 0 Å². The predicted octanol–water partition coefficient (Wildman–Crippen LogP) is 1.49. The summed E-state index contributed by atoms with van der Waals surface area (Å²) in [6, 6.07) is 0. The van der Waals surface area contributed by atoms with Crippen LogP contribution in [0.1, 0.15) is 33.1 Å². The fraction of sp³-hybridized carbons (Fsp3) is 1.00. The van der Waals surface area contributed by atoms with E-state index in [0.717, 1.165) is 13.0 Å². The van der Waals surface area contributed by atoms with Crippen molar-refractivity contribution in [3.8, 4) is 0 Å². The third kappa shape index (κ3) is 6.32. The van der Waals surface area contributed by atoms with Crippen molar-refractivity contribution in [1.29, 1.82) is 0 Å². The molecule has 0 heterocycles. The van der Waals surface area contributed by atoms with Crippen LogP contribution in [0.5, 0.6) is 0 Å². The molecule has 0 radical (unpaired) electrons. The molecular weight excluding hydrogens is 138 g/mol. The average Bonchev–Trinajstić information content (AvgIpc) is 2.01. The van der Waals surface area contributed by atoms with Gasteiger partial charge in [-0.15, -0.1) is 0 Å². The molecule has 0 amide bonds. The molecule has 0 spiro atoms. The van der Waals surface area contributed by atoms with Gasteiger partial charge in [0.15, 0.2) is 0 Å². The Bertz CT molecular complexity index is 70.0. The van der Waals surface area contributed by atoms with Crippen LogP contribution in [0, 0.1) is 0 Å². The van der Waals surface area contributed by atoms with Crippen LogP contribution in [0.3, 0.4) is 0 Å². The Hall–Kier alpha value is -0.0800. The van der Waals surface area contributed by atoms with E-state index in [9.17, 15) is 0 Å². The molecule has 2 heteroatoms. The number of rotatable bonds is 7. The van der Waals surface area contributed by atoms with E-state index in [2.05, 4.69) is 18.7 Å². The first-order valence-corrected chi connectivity index (χ1v) is 4.68. The second-order valence-electron chi connectivity index (χ2n) is 2.92. The van der Waals surface area contributed by atoms with Gasteiger partial charge in [-0.3, -0.25) is 0 Å². The zero-order valence-corrected chi connectivity index (χ0v) is 7.84. The molecule has 0 saturated carbocycles. The fourth-order valence-electron chi connectivity index (χ4n) is 1.26. The van der Waals surface area contributed by atoms with E-state index in [1.54, 1.807) is 0 Å². The number of aliphatic hydroxyl groups is 1. The molecular formula is C9H21NO. The highest BCUT2D eigenvalue weighted by molar-refractivity contribution is 4.54. The smallest absolute Gasteiger partial charge is 0.0443 e. The lowest BCUT2D eigenvalue weighted by molar-refractivity contribution is 0.224. The largest absolute Gasteiger partial charge is 0.396 e. The first kappa shape index (κ1) is 10.9. The fourth-order valence-corrected chi connectivity index (χ4v) is 1.26. The first-order valence-electron chi connectivity index (χ1n) is 4.68. The lowest BCUT2D eigenvalue weighted by atomic mass is 10.3. The van der Waals surface area contributed by atoms with E-state index in [0.29, 0.717) is 6.61 Å². The molecule has 0 aliphatic carbocycles. The zero-order chi connectivity index (χ0) is 8.53. The van der Waals surface area contributed by atoms with Crippen LogP contribution in [-0.2, 0) is 0 Å². The van der Waals surface area contributed by atoms with Crippen LogP contribution in [0.15, 0.2) is 0 Å². The van der Waals surface area contributed by atoms with Crippen molar-refractivity contribution in [2.45, 2.75) is 33.1 Å². The van der Waals surface area contributed by atoms with Crippen LogP contribution < -0.4 is 0 Å². The van der Waals surface area contributed by atoms with Gasteiger partial charge in [0.25, 0.3) is 0 Å². The topological polar surface area (TPSA) is 23.5 Å². The molecule has 0 saturated heterocycles. The Labute approximate surface area is 70.2 Å². The summed E-state index contributed by atoms with van der Waals surface area (Å²) in [5.74, 6) is 0. The summed E-state index contributed by atoms with van der Waals surface area (Å²) < 4.78 is 0. The summed E-state index contributed by atoms with van der Waals surface area (Å²) in [4.78, 5) is 2.41.